The summed E-state index contributed by atoms with van der Waals surface area (Å²) in [6, 6.07) is 1.98. The average molecular weight is 281 g/mol. The summed E-state index contributed by atoms with van der Waals surface area (Å²) in [6.07, 6.45) is 3.17. The maximum Gasteiger partial charge on any atom is 0.306 e. The van der Waals surface area contributed by atoms with E-state index in [2.05, 4.69) is 12.2 Å². The lowest BCUT2D eigenvalue weighted by Gasteiger charge is -2.32. The number of carboxylic acids is 1. The summed E-state index contributed by atoms with van der Waals surface area (Å²) >= 11 is 1.52. The quantitative estimate of drug-likeness (QED) is 0.872. The highest BCUT2D eigenvalue weighted by Gasteiger charge is 2.35. The predicted octanol–water partition coefficient (Wildman–Crippen LogP) is 2.60. The molecule has 0 saturated heterocycles. The molecule has 0 atom stereocenters. The van der Waals surface area contributed by atoms with E-state index in [4.69, 9.17) is 5.11 Å². The zero-order chi connectivity index (χ0) is 14.0. The van der Waals surface area contributed by atoms with Gasteiger partial charge in [0.15, 0.2) is 0 Å². The largest absolute Gasteiger partial charge is 0.481 e. The lowest BCUT2D eigenvalue weighted by molar-refractivity contribution is -0.145. The number of carbonyl (C=O) groups excluding carboxylic acids is 1. The van der Waals surface area contributed by atoms with Crippen molar-refractivity contribution in [3.63, 3.8) is 0 Å². The van der Waals surface area contributed by atoms with Crippen molar-refractivity contribution in [3.05, 3.63) is 21.4 Å². The molecule has 0 unspecified atom stereocenters. The third-order valence-electron chi connectivity index (χ3n) is 3.59. The molecule has 5 heteroatoms. The van der Waals surface area contributed by atoms with Crippen LogP contribution in [0.25, 0.3) is 0 Å². The first-order valence-corrected chi connectivity index (χ1v) is 7.45. The van der Waals surface area contributed by atoms with E-state index < -0.39 is 5.97 Å². The molecule has 2 rings (SSSR count). The molecule has 1 aliphatic carbocycles. The van der Waals surface area contributed by atoms with Crippen molar-refractivity contribution in [2.75, 3.05) is 0 Å². The molecule has 0 spiro atoms. The molecular formula is C14H19NO3S. The summed E-state index contributed by atoms with van der Waals surface area (Å²) in [4.78, 5) is 24.7. The fourth-order valence-electron chi connectivity index (χ4n) is 2.34. The van der Waals surface area contributed by atoms with Gasteiger partial charge < -0.3 is 10.4 Å². The number of aryl methyl sites for hydroxylation is 2. The van der Waals surface area contributed by atoms with Gasteiger partial charge in [0.2, 0.25) is 0 Å². The third-order valence-corrected chi connectivity index (χ3v) is 4.68. The Labute approximate surface area is 116 Å². The number of aliphatic carboxylic acids is 1. The Morgan fingerprint density at radius 2 is 2.16 bits per heavy atom. The Balaban J connectivity index is 1.90. The van der Waals surface area contributed by atoms with E-state index in [9.17, 15) is 9.59 Å². The Hall–Kier alpha value is -1.36. The second-order valence-corrected chi connectivity index (χ2v) is 6.38. The molecule has 1 heterocycles. The number of carbonyl (C=O) groups is 2. The molecule has 4 nitrogen and oxygen atoms in total. The monoisotopic (exact) mass is 281 g/mol. The normalized spacial score (nSPS) is 21.8. The minimum atomic E-state index is -0.761. The van der Waals surface area contributed by atoms with Crippen LogP contribution in [0.5, 0.6) is 0 Å². The zero-order valence-corrected chi connectivity index (χ0v) is 12.0. The molecular weight excluding hydrogens is 262 g/mol. The summed E-state index contributed by atoms with van der Waals surface area (Å²) < 4.78 is 0. The van der Waals surface area contributed by atoms with E-state index in [1.54, 1.807) is 0 Å². The van der Waals surface area contributed by atoms with Crippen LogP contribution in [0.3, 0.4) is 0 Å². The van der Waals surface area contributed by atoms with Crippen LogP contribution in [-0.2, 0) is 11.2 Å². The fourth-order valence-corrected chi connectivity index (χ4v) is 3.32. The van der Waals surface area contributed by atoms with Crippen LogP contribution in [0.15, 0.2) is 6.07 Å². The van der Waals surface area contributed by atoms with Gasteiger partial charge >= 0.3 is 5.97 Å². The van der Waals surface area contributed by atoms with Crippen molar-refractivity contribution in [1.82, 2.24) is 5.32 Å². The second kappa shape index (κ2) is 5.74. The van der Waals surface area contributed by atoms with Crippen LogP contribution >= 0.6 is 11.3 Å². The number of hydrogen-bond acceptors (Lipinski definition) is 3. The van der Waals surface area contributed by atoms with Gasteiger partial charge in [-0.25, -0.2) is 0 Å². The number of rotatable bonds is 5. The van der Waals surface area contributed by atoms with Gasteiger partial charge in [-0.05, 0) is 37.8 Å². The van der Waals surface area contributed by atoms with Crippen molar-refractivity contribution in [2.24, 2.45) is 5.92 Å². The summed E-state index contributed by atoms with van der Waals surface area (Å²) in [5, 5.41) is 11.7. The Kier molecular flexibility index (Phi) is 4.24. The van der Waals surface area contributed by atoms with Crippen LogP contribution in [0.1, 0.15) is 46.3 Å². The van der Waals surface area contributed by atoms with E-state index in [0.717, 1.165) is 17.7 Å². The van der Waals surface area contributed by atoms with Gasteiger partial charge in [-0.15, -0.1) is 11.3 Å². The minimum Gasteiger partial charge on any atom is -0.481 e. The SMILES string of the molecule is CCCc1cc(C(=O)NC2CC(C(=O)O)C2)sc1C. The van der Waals surface area contributed by atoms with E-state index in [1.165, 1.54) is 21.8 Å². The van der Waals surface area contributed by atoms with Crippen molar-refractivity contribution >= 4 is 23.2 Å². The Bertz CT molecular complexity index is 489. The molecule has 19 heavy (non-hydrogen) atoms. The molecule has 1 fully saturated rings. The molecule has 104 valence electrons. The fraction of sp³-hybridized carbons (Fsp3) is 0.571. The number of hydrogen-bond donors (Lipinski definition) is 2. The number of thiophene rings is 1. The van der Waals surface area contributed by atoms with Crippen molar-refractivity contribution < 1.29 is 14.7 Å². The summed E-state index contributed by atoms with van der Waals surface area (Å²) in [5.74, 6) is -1.11. The maximum atomic E-state index is 12.0. The van der Waals surface area contributed by atoms with E-state index in [-0.39, 0.29) is 17.9 Å². The van der Waals surface area contributed by atoms with Crippen molar-refractivity contribution in [1.29, 1.82) is 0 Å². The van der Waals surface area contributed by atoms with E-state index in [1.807, 2.05) is 13.0 Å². The Morgan fingerprint density at radius 1 is 1.47 bits per heavy atom. The average Bonchev–Trinajstić information content (AvgIpc) is 2.65. The highest BCUT2D eigenvalue weighted by Crippen LogP contribution is 2.29. The number of carboxylic acid groups (broad SMARTS) is 1. The smallest absolute Gasteiger partial charge is 0.306 e. The molecule has 0 bridgehead atoms. The third kappa shape index (κ3) is 3.15. The first-order chi connectivity index (χ1) is 9.01. The Morgan fingerprint density at radius 3 is 2.74 bits per heavy atom. The maximum absolute atomic E-state index is 12.0. The molecule has 1 aliphatic rings. The molecule has 1 aromatic rings. The van der Waals surface area contributed by atoms with Crippen molar-refractivity contribution in [3.8, 4) is 0 Å². The number of nitrogens with one attached hydrogen (secondary N) is 1. The topological polar surface area (TPSA) is 66.4 Å². The standard InChI is InChI=1S/C14H19NO3S/c1-3-4-9-7-12(19-8(9)2)13(16)15-11-5-10(6-11)14(17)18/h7,10-11H,3-6H2,1-2H3,(H,15,16)(H,17,18). The molecule has 2 N–H and O–H groups in total. The van der Waals surface area contributed by atoms with Crippen LogP contribution in [0.2, 0.25) is 0 Å². The first kappa shape index (κ1) is 14.1. The minimum absolute atomic E-state index is 0.0191. The lowest BCUT2D eigenvalue weighted by atomic mass is 9.80. The van der Waals surface area contributed by atoms with Crippen LogP contribution < -0.4 is 5.32 Å². The van der Waals surface area contributed by atoms with Crippen LogP contribution in [0, 0.1) is 12.8 Å². The number of amides is 1. The summed E-state index contributed by atoms with van der Waals surface area (Å²) in [6.45, 7) is 4.16. The molecule has 0 aromatic carbocycles. The summed E-state index contributed by atoms with van der Waals surface area (Å²) in [5.41, 5.74) is 1.25. The summed E-state index contributed by atoms with van der Waals surface area (Å²) in [7, 11) is 0. The molecule has 1 saturated carbocycles. The molecule has 0 radical (unpaired) electrons. The molecule has 1 aromatic heterocycles. The second-order valence-electron chi connectivity index (χ2n) is 5.12. The van der Waals surface area contributed by atoms with Crippen LogP contribution in [0.4, 0.5) is 0 Å². The van der Waals surface area contributed by atoms with Gasteiger partial charge in [0.1, 0.15) is 0 Å². The molecule has 0 aliphatic heterocycles. The van der Waals surface area contributed by atoms with E-state index >= 15 is 0 Å². The molecule has 1 amide bonds. The van der Waals surface area contributed by atoms with Gasteiger partial charge in [-0.1, -0.05) is 13.3 Å². The van der Waals surface area contributed by atoms with Gasteiger partial charge in [-0.2, -0.15) is 0 Å². The predicted molar refractivity (Wildman–Crippen MR) is 74.7 cm³/mol. The highest BCUT2D eigenvalue weighted by molar-refractivity contribution is 7.14. The van der Waals surface area contributed by atoms with Crippen molar-refractivity contribution in [2.45, 2.75) is 45.6 Å². The zero-order valence-electron chi connectivity index (χ0n) is 11.2. The van der Waals surface area contributed by atoms with Gasteiger partial charge in [0, 0.05) is 10.9 Å². The van der Waals surface area contributed by atoms with E-state index in [0.29, 0.717) is 12.8 Å². The van der Waals surface area contributed by atoms with Gasteiger partial charge in [-0.3, -0.25) is 9.59 Å². The highest BCUT2D eigenvalue weighted by atomic mass is 32.1. The van der Waals surface area contributed by atoms with Gasteiger partial charge in [0.05, 0.1) is 10.8 Å². The van der Waals surface area contributed by atoms with Crippen LogP contribution in [-0.4, -0.2) is 23.0 Å². The van der Waals surface area contributed by atoms with Gasteiger partial charge in [0.25, 0.3) is 5.91 Å². The lowest BCUT2D eigenvalue weighted by Crippen LogP contribution is -2.46. The first-order valence-electron chi connectivity index (χ1n) is 6.64.